The number of amides is 1. The number of allylic oxidation sites excluding steroid dienone is 2. The fourth-order valence-electron chi connectivity index (χ4n) is 5.80. The summed E-state index contributed by atoms with van der Waals surface area (Å²) in [4.78, 5) is 13.5. The van der Waals surface area contributed by atoms with E-state index in [0.717, 1.165) is 57.5 Å². The van der Waals surface area contributed by atoms with Crippen molar-refractivity contribution in [2.75, 3.05) is 0 Å². The Balaban J connectivity index is 1.22. The number of carbonyl (C=O) groups is 1. The molecule has 1 aliphatic rings. The van der Waals surface area contributed by atoms with Crippen LogP contribution in [-0.4, -0.2) is 5.91 Å². The summed E-state index contributed by atoms with van der Waals surface area (Å²) in [5.74, 6) is -0.428. The molecule has 0 heterocycles. The highest BCUT2D eigenvalue weighted by atomic mass is 16.1. The molecule has 5 heteroatoms. The van der Waals surface area contributed by atoms with Gasteiger partial charge in [0.05, 0.1) is 11.3 Å². The van der Waals surface area contributed by atoms with Gasteiger partial charge in [0.2, 0.25) is 0 Å². The molecule has 48 heavy (non-hydrogen) atoms. The first-order valence-corrected chi connectivity index (χ1v) is 16.0. The monoisotopic (exact) mass is 622 g/mol. The van der Waals surface area contributed by atoms with Crippen LogP contribution in [0.15, 0.2) is 168 Å². The molecule has 1 amide bonds. The van der Waals surface area contributed by atoms with E-state index in [1.165, 1.54) is 5.57 Å². The molecule has 0 spiro atoms. The van der Waals surface area contributed by atoms with Gasteiger partial charge in [0, 0.05) is 24.2 Å². The van der Waals surface area contributed by atoms with Crippen LogP contribution in [0.3, 0.4) is 0 Å². The second-order valence-electron chi connectivity index (χ2n) is 11.5. The lowest BCUT2D eigenvalue weighted by molar-refractivity contribution is -0.117. The maximum atomic E-state index is 13.5. The zero-order chi connectivity index (χ0) is 33.1. The summed E-state index contributed by atoms with van der Waals surface area (Å²) >= 11 is 0. The molecule has 232 valence electrons. The molecular weight excluding hydrogens is 589 g/mol. The van der Waals surface area contributed by atoms with E-state index in [1.807, 2.05) is 146 Å². The molecule has 5 aromatic carbocycles. The lowest BCUT2D eigenvalue weighted by Gasteiger charge is -2.17. The number of hydrogen-bond acceptors (Lipinski definition) is 4. The van der Waals surface area contributed by atoms with Crippen LogP contribution in [0, 0.1) is 22.7 Å². The number of nitriles is 2. The number of carbonyl (C=O) groups excluding carboxylic acids is 1. The summed E-state index contributed by atoms with van der Waals surface area (Å²) in [5.41, 5.74) is 9.84. The summed E-state index contributed by atoms with van der Waals surface area (Å²) in [6, 6.07) is 51.8. The minimum atomic E-state index is -0.428. The van der Waals surface area contributed by atoms with E-state index >= 15 is 0 Å². The molecule has 0 unspecified atom stereocenters. The fourth-order valence-corrected chi connectivity index (χ4v) is 5.80. The smallest absolute Gasteiger partial charge is 0.262 e. The lowest BCUT2D eigenvalue weighted by atomic mass is 9.91. The van der Waals surface area contributed by atoms with Crippen molar-refractivity contribution in [3.63, 3.8) is 0 Å². The molecule has 6 rings (SSSR count). The maximum absolute atomic E-state index is 13.5. The molecule has 2 N–H and O–H groups in total. The zero-order valence-corrected chi connectivity index (χ0v) is 26.5. The molecule has 0 saturated heterocycles. The first kappa shape index (κ1) is 31.5. The van der Waals surface area contributed by atoms with E-state index in [9.17, 15) is 15.3 Å². The Morgan fingerprint density at radius 1 is 0.521 bits per heavy atom. The van der Waals surface area contributed by atoms with Gasteiger partial charge in [-0.2, -0.15) is 10.5 Å². The molecule has 0 bridgehead atoms. The zero-order valence-electron chi connectivity index (χ0n) is 26.5. The molecular formula is C43H34N4O. The number of nitrogens with one attached hydrogen (secondary N) is 2. The van der Waals surface area contributed by atoms with Crippen LogP contribution >= 0.6 is 0 Å². The fraction of sp³-hybridized carbons (Fsp3) is 0.0930. The molecule has 1 saturated carbocycles. The van der Waals surface area contributed by atoms with Crippen LogP contribution in [0.25, 0.3) is 11.1 Å². The standard InChI is InChI=1S/C43H34N4O/c44-27-38(40(33-16-5-1-6-17-33)34-18-7-2-8-19-34)42(37-24-25-37)46-29-31-14-13-15-32(26-31)30-47-43(48)39(28-45)41(35-20-9-3-10-21-35)36-22-11-4-12-23-36/h1-23,26,46H,24-25,29-30H2,(H,47,48). The predicted octanol–water partition coefficient (Wildman–Crippen LogP) is 8.49. The van der Waals surface area contributed by atoms with E-state index < -0.39 is 5.91 Å². The number of rotatable bonds is 11. The number of hydrogen-bond donors (Lipinski definition) is 2. The van der Waals surface area contributed by atoms with Crippen molar-refractivity contribution in [2.24, 2.45) is 0 Å². The van der Waals surface area contributed by atoms with Gasteiger partial charge >= 0.3 is 0 Å². The van der Waals surface area contributed by atoms with Crippen LogP contribution in [0.1, 0.15) is 46.2 Å². The molecule has 5 aromatic rings. The SMILES string of the molecule is N#CC(C(=O)NCc1cccc(CNC(=C2CC2)C(C#N)=C(c2ccccc2)c2ccccc2)c1)=C(c1ccccc1)c1ccccc1. The highest BCUT2D eigenvalue weighted by Crippen LogP contribution is 2.38. The van der Waals surface area contributed by atoms with E-state index in [-0.39, 0.29) is 12.1 Å². The predicted molar refractivity (Wildman–Crippen MR) is 190 cm³/mol. The van der Waals surface area contributed by atoms with E-state index in [1.54, 1.807) is 0 Å². The highest BCUT2D eigenvalue weighted by molar-refractivity contribution is 6.08. The summed E-state index contributed by atoms with van der Waals surface area (Å²) in [6.07, 6.45) is 1.91. The Bertz CT molecular complexity index is 1990. The van der Waals surface area contributed by atoms with Crippen LogP contribution in [0.5, 0.6) is 0 Å². The highest BCUT2D eigenvalue weighted by Gasteiger charge is 2.24. The largest absolute Gasteiger partial charge is 0.380 e. The summed E-state index contributed by atoms with van der Waals surface area (Å²) in [7, 11) is 0. The lowest BCUT2D eigenvalue weighted by Crippen LogP contribution is -2.25. The minimum absolute atomic E-state index is 0.0642. The normalized spacial score (nSPS) is 11.3. The van der Waals surface area contributed by atoms with Gasteiger partial charge in [-0.1, -0.05) is 146 Å². The van der Waals surface area contributed by atoms with Crippen LogP contribution in [0.2, 0.25) is 0 Å². The molecule has 1 aliphatic carbocycles. The Morgan fingerprint density at radius 2 is 0.917 bits per heavy atom. The van der Waals surface area contributed by atoms with Crippen molar-refractivity contribution in [2.45, 2.75) is 25.9 Å². The van der Waals surface area contributed by atoms with Gasteiger partial charge < -0.3 is 10.6 Å². The molecule has 0 aliphatic heterocycles. The van der Waals surface area contributed by atoms with Crippen molar-refractivity contribution < 1.29 is 4.79 Å². The van der Waals surface area contributed by atoms with Crippen molar-refractivity contribution in [3.05, 3.63) is 201 Å². The molecule has 1 fully saturated rings. The number of benzene rings is 5. The molecule has 0 atom stereocenters. The van der Waals surface area contributed by atoms with Gasteiger partial charge in [0.25, 0.3) is 5.91 Å². The Labute approximate surface area is 281 Å². The molecule has 5 nitrogen and oxygen atoms in total. The maximum Gasteiger partial charge on any atom is 0.262 e. The van der Waals surface area contributed by atoms with Gasteiger partial charge in [-0.15, -0.1) is 0 Å². The van der Waals surface area contributed by atoms with Gasteiger partial charge in [0.15, 0.2) is 0 Å². The minimum Gasteiger partial charge on any atom is -0.380 e. The van der Waals surface area contributed by atoms with Crippen LogP contribution < -0.4 is 10.6 Å². The average molecular weight is 623 g/mol. The second-order valence-corrected chi connectivity index (χ2v) is 11.5. The average Bonchev–Trinajstić information content (AvgIpc) is 4.00. The molecule has 0 radical (unpaired) electrons. The van der Waals surface area contributed by atoms with E-state index in [4.69, 9.17) is 0 Å². The summed E-state index contributed by atoms with van der Waals surface area (Å²) < 4.78 is 0. The third-order valence-electron chi connectivity index (χ3n) is 8.22. The van der Waals surface area contributed by atoms with Gasteiger partial charge in [0.1, 0.15) is 17.7 Å². The first-order chi connectivity index (χ1) is 23.7. The Morgan fingerprint density at radius 3 is 1.31 bits per heavy atom. The van der Waals surface area contributed by atoms with Gasteiger partial charge in [-0.3, -0.25) is 4.79 Å². The van der Waals surface area contributed by atoms with Crippen molar-refractivity contribution >= 4 is 17.1 Å². The topological polar surface area (TPSA) is 88.7 Å². The Kier molecular flexibility index (Phi) is 10.0. The molecule has 0 aromatic heterocycles. The summed E-state index contributed by atoms with van der Waals surface area (Å²) in [6.45, 7) is 0.774. The van der Waals surface area contributed by atoms with Crippen LogP contribution in [0.4, 0.5) is 0 Å². The van der Waals surface area contributed by atoms with Crippen molar-refractivity contribution in [1.82, 2.24) is 10.6 Å². The Hall–Kier alpha value is -6.43. The third-order valence-corrected chi connectivity index (χ3v) is 8.22. The third kappa shape index (κ3) is 7.50. The first-order valence-electron chi connectivity index (χ1n) is 16.0. The van der Waals surface area contributed by atoms with Gasteiger partial charge in [-0.25, -0.2) is 0 Å². The van der Waals surface area contributed by atoms with Crippen molar-refractivity contribution in [1.29, 1.82) is 10.5 Å². The van der Waals surface area contributed by atoms with E-state index in [2.05, 4.69) is 22.8 Å². The second kappa shape index (κ2) is 15.2. The number of nitrogens with zero attached hydrogens (tertiary/aromatic N) is 2. The van der Waals surface area contributed by atoms with E-state index in [0.29, 0.717) is 17.7 Å². The van der Waals surface area contributed by atoms with Crippen LogP contribution in [-0.2, 0) is 17.9 Å². The van der Waals surface area contributed by atoms with Gasteiger partial charge in [-0.05, 0) is 51.8 Å². The quantitative estimate of drug-likeness (QED) is 0.114. The summed E-state index contributed by atoms with van der Waals surface area (Å²) in [5, 5.41) is 27.2. The van der Waals surface area contributed by atoms with Crippen molar-refractivity contribution in [3.8, 4) is 12.1 Å².